The Morgan fingerprint density at radius 2 is 1.55 bits per heavy atom. The quantitative estimate of drug-likeness (QED) is 0.507. The van der Waals surface area contributed by atoms with Crippen molar-refractivity contribution >= 4 is 25.7 Å². The van der Waals surface area contributed by atoms with Crippen molar-refractivity contribution in [1.82, 2.24) is 4.72 Å². The zero-order valence-corrected chi connectivity index (χ0v) is 18.0. The molecule has 0 aromatic heterocycles. The summed E-state index contributed by atoms with van der Waals surface area (Å²) in [5.41, 5.74) is 0.202. The molecule has 0 aliphatic rings. The molecule has 0 amide bonds. The average molecular weight is 445 g/mol. The van der Waals surface area contributed by atoms with Crippen LogP contribution < -0.4 is 18.9 Å². The first-order valence-electron chi connectivity index (χ1n) is 8.57. The van der Waals surface area contributed by atoms with Crippen molar-refractivity contribution in [2.45, 2.75) is 16.2 Å². The third-order valence-electron chi connectivity index (χ3n) is 3.89. The first-order chi connectivity index (χ1) is 13.7. The van der Waals surface area contributed by atoms with Crippen molar-refractivity contribution < 1.29 is 31.0 Å². The van der Waals surface area contributed by atoms with E-state index >= 15 is 0 Å². The summed E-state index contributed by atoms with van der Waals surface area (Å²) in [5.74, 6) is 0.505. The normalized spacial score (nSPS) is 11.8. The molecule has 0 saturated carbocycles. The van der Waals surface area contributed by atoms with Gasteiger partial charge in [-0.25, -0.2) is 21.6 Å². The molecule has 2 aromatic carbocycles. The zero-order chi connectivity index (χ0) is 21.5. The lowest BCUT2D eigenvalue weighted by molar-refractivity contribution is 0.196. The largest absolute Gasteiger partial charge is 0.497 e. The lowest BCUT2D eigenvalue weighted by Gasteiger charge is -2.13. The molecule has 0 saturated heterocycles. The fourth-order valence-electron chi connectivity index (χ4n) is 2.41. The number of hydrogen-bond acceptors (Lipinski definition) is 7. The van der Waals surface area contributed by atoms with Gasteiger partial charge in [0.05, 0.1) is 19.1 Å². The smallest absolute Gasteiger partial charge is 0.265 e. The summed E-state index contributed by atoms with van der Waals surface area (Å²) in [6, 6.07) is 9.78. The first-order valence-corrected chi connectivity index (χ1v) is 11.5. The van der Waals surface area contributed by atoms with Crippen molar-refractivity contribution in [2.24, 2.45) is 0 Å². The molecule has 9 nitrogen and oxygen atoms in total. The van der Waals surface area contributed by atoms with E-state index < -0.39 is 20.0 Å². The molecule has 160 valence electrons. The summed E-state index contributed by atoms with van der Waals surface area (Å²) in [7, 11) is -3.36. The maximum atomic E-state index is 12.7. The molecule has 0 atom stereocenters. The van der Waals surface area contributed by atoms with Gasteiger partial charge in [0.15, 0.2) is 0 Å². The van der Waals surface area contributed by atoms with Gasteiger partial charge in [-0.1, -0.05) is 0 Å². The topological polar surface area (TPSA) is 120 Å². The van der Waals surface area contributed by atoms with E-state index in [9.17, 15) is 16.8 Å². The van der Waals surface area contributed by atoms with Crippen molar-refractivity contribution in [3.63, 3.8) is 0 Å². The van der Waals surface area contributed by atoms with E-state index in [1.54, 1.807) is 6.07 Å². The number of benzene rings is 2. The summed E-state index contributed by atoms with van der Waals surface area (Å²) in [5, 5.41) is 0. The number of rotatable bonds is 11. The summed E-state index contributed by atoms with van der Waals surface area (Å²) in [4.78, 5) is -0.0762. The van der Waals surface area contributed by atoms with Gasteiger partial charge in [-0.2, -0.15) is 0 Å². The maximum Gasteiger partial charge on any atom is 0.265 e. The third kappa shape index (κ3) is 6.07. The van der Waals surface area contributed by atoms with Gasteiger partial charge in [-0.05, 0) is 42.8 Å². The van der Waals surface area contributed by atoms with E-state index in [1.165, 1.54) is 57.7 Å². The van der Waals surface area contributed by atoms with E-state index in [1.807, 2.05) is 0 Å². The summed E-state index contributed by atoms with van der Waals surface area (Å²) in [6.45, 7) is 0.678. The molecular weight excluding hydrogens is 420 g/mol. The van der Waals surface area contributed by atoms with Gasteiger partial charge < -0.3 is 14.2 Å². The summed E-state index contributed by atoms with van der Waals surface area (Å²) >= 11 is 0. The van der Waals surface area contributed by atoms with Gasteiger partial charge in [0, 0.05) is 32.0 Å². The second-order valence-corrected chi connectivity index (χ2v) is 9.31. The molecule has 29 heavy (non-hydrogen) atoms. The van der Waals surface area contributed by atoms with Crippen LogP contribution in [-0.4, -0.2) is 51.3 Å². The number of ether oxygens (including phenoxy) is 3. The summed E-state index contributed by atoms with van der Waals surface area (Å²) in [6.07, 6.45) is 0.538. The van der Waals surface area contributed by atoms with Gasteiger partial charge in [0.1, 0.15) is 16.4 Å². The second kappa shape index (κ2) is 9.92. The molecule has 0 aliphatic heterocycles. The Bertz CT molecular complexity index is 1020. The number of sulfonamides is 2. The molecule has 0 radical (unpaired) electrons. The summed E-state index contributed by atoms with van der Waals surface area (Å²) < 4.78 is 69.9. The molecule has 0 spiro atoms. The molecule has 2 N–H and O–H groups in total. The van der Waals surface area contributed by atoms with E-state index in [0.29, 0.717) is 18.8 Å². The van der Waals surface area contributed by atoms with E-state index in [2.05, 4.69) is 9.44 Å². The van der Waals surface area contributed by atoms with E-state index in [-0.39, 0.29) is 27.8 Å². The van der Waals surface area contributed by atoms with Crippen LogP contribution in [-0.2, 0) is 24.8 Å². The van der Waals surface area contributed by atoms with Gasteiger partial charge in [-0.15, -0.1) is 0 Å². The van der Waals surface area contributed by atoms with Crippen LogP contribution in [0.1, 0.15) is 6.42 Å². The second-order valence-electron chi connectivity index (χ2n) is 5.89. The van der Waals surface area contributed by atoms with Crippen LogP contribution in [0, 0.1) is 0 Å². The predicted molar refractivity (Wildman–Crippen MR) is 108 cm³/mol. The molecule has 0 bridgehead atoms. The number of methoxy groups -OCH3 is 3. The van der Waals surface area contributed by atoms with Gasteiger partial charge in [0.25, 0.3) is 10.0 Å². The fourth-order valence-corrected chi connectivity index (χ4v) is 4.73. The van der Waals surface area contributed by atoms with Crippen LogP contribution in [0.5, 0.6) is 11.5 Å². The standard InChI is InChI=1S/C18H24N2O7S2/c1-25-12-4-11-19-28(21,22)16-8-5-14(6-9-16)20-29(23,24)18-13-15(26-2)7-10-17(18)27-3/h5-10,13,19-20H,4,11-12H2,1-3H3. The highest BCUT2D eigenvalue weighted by atomic mass is 32.2. The van der Waals surface area contributed by atoms with Crippen molar-refractivity contribution in [2.75, 3.05) is 39.2 Å². The van der Waals surface area contributed by atoms with Crippen molar-refractivity contribution in [1.29, 1.82) is 0 Å². The van der Waals surface area contributed by atoms with Gasteiger partial charge >= 0.3 is 0 Å². The molecule has 0 unspecified atom stereocenters. The van der Waals surface area contributed by atoms with Gasteiger partial charge in [-0.3, -0.25) is 4.72 Å². The molecule has 0 fully saturated rings. The van der Waals surface area contributed by atoms with Crippen LogP contribution in [0.15, 0.2) is 52.3 Å². The minimum absolute atomic E-state index is 0.0248. The minimum atomic E-state index is -3.99. The third-order valence-corrected chi connectivity index (χ3v) is 6.77. The van der Waals surface area contributed by atoms with E-state index in [0.717, 1.165) is 0 Å². The minimum Gasteiger partial charge on any atom is -0.497 e. The molecule has 2 aromatic rings. The van der Waals surface area contributed by atoms with Crippen LogP contribution in [0.4, 0.5) is 5.69 Å². The Labute approximate surface area is 171 Å². The number of nitrogens with one attached hydrogen (secondary N) is 2. The maximum absolute atomic E-state index is 12.7. The highest BCUT2D eigenvalue weighted by molar-refractivity contribution is 7.92. The van der Waals surface area contributed by atoms with Crippen LogP contribution in [0.3, 0.4) is 0 Å². The van der Waals surface area contributed by atoms with Crippen molar-refractivity contribution in [3.8, 4) is 11.5 Å². The zero-order valence-electron chi connectivity index (χ0n) is 16.3. The monoisotopic (exact) mass is 444 g/mol. The molecule has 0 heterocycles. The first kappa shape index (κ1) is 22.9. The van der Waals surface area contributed by atoms with Crippen LogP contribution in [0.25, 0.3) is 0 Å². The molecular formula is C18H24N2O7S2. The Morgan fingerprint density at radius 1 is 0.862 bits per heavy atom. The average Bonchev–Trinajstić information content (AvgIpc) is 2.71. The molecule has 0 aliphatic carbocycles. The van der Waals surface area contributed by atoms with Crippen LogP contribution >= 0.6 is 0 Å². The SMILES string of the molecule is COCCCNS(=O)(=O)c1ccc(NS(=O)(=O)c2cc(OC)ccc2OC)cc1. The van der Waals surface area contributed by atoms with Gasteiger partial charge in [0.2, 0.25) is 10.0 Å². The Kier molecular flexibility index (Phi) is 7.85. The Balaban J connectivity index is 2.19. The predicted octanol–water partition coefficient (Wildman–Crippen LogP) is 1.82. The Hall–Kier alpha value is -2.34. The molecule has 11 heteroatoms. The van der Waals surface area contributed by atoms with Crippen molar-refractivity contribution in [3.05, 3.63) is 42.5 Å². The number of hydrogen-bond donors (Lipinski definition) is 2. The molecule has 2 rings (SSSR count). The highest BCUT2D eigenvalue weighted by Crippen LogP contribution is 2.29. The lowest BCUT2D eigenvalue weighted by atomic mass is 10.3. The number of anilines is 1. The lowest BCUT2D eigenvalue weighted by Crippen LogP contribution is -2.25. The highest BCUT2D eigenvalue weighted by Gasteiger charge is 2.21. The Morgan fingerprint density at radius 3 is 2.14 bits per heavy atom. The van der Waals surface area contributed by atoms with E-state index in [4.69, 9.17) is 14.2 Å². The van der Waals surface area contributed by atoms with Crippen LogP contribution in [0.2, 0.25) is 0 Å². The fraction of sp³-hybridized carbons (Fsp3) is 0.333.